The number of halogens is 1. The number of nitrogens with one attached hydrogen (secondary N) is 3. The van der Waals surface area contributed by atoms with Crippen LogP contribution >= 0.6 is 12.4 Å². The zero-order valence-electron chi connectivity index (χ0n) is 26.6. The first-order valence-corrected chi connectivity index (χ1v) is 15.2. The first kappa shape index (κ1) is 37.3. The molecule has 260 valence electrons. The minimum absolute atomic E-state index is 0. The molecular formula is C33H35ClN10O6. The molecule has 0 bridgehead atoms. The SMILES string of the molecule is Cl.N=C1c2ccccc2C(=O)N1CC(O)CN.N=C1c2ccccc2C(=O)N1CC1CO1.[N-]=[N+]=NCC(O)CN1C(=N)c2ccccc2C1=O. The minimum atomic E-state index is -0.973. The smallest absolute Gasteiger partial charge is 0.260 e. The van der Waals surface area contributed by atoms with Crippen LogP contribution in [0.15, 0.2) is 77.9 Å². The van der Waals surface area contributed by atoms with Gasteiger partial charge in [0.1, 0.15) is 17.5 Å². The first-order chi connectivity index (χ1) is 23.6. The largest absolute Gasteiger partial charge is 0.391 e. The number of epoxide rings is 1. The predicted octanol–water partition coefficient (Wildman–Crippen LogP) is 2.21. The number of amides is 3. The van der Waals surface area contributed by atoms with Crippen LogP contribution in [0.25, 0.3) is 10.4 Å². The molecule has 1 saturated heterocycles. The fraction of sp³-hybridized carbons (Fsp3) is 0.273. The third-order valence-corrected chi connectivity index (χ3v) is 7.99. The summed E-state index contributed by atoms with van der Waals surface area (Å²) in [4.78, 5) is 42.2. The highest BCUT2D eigenvalue weighted by Crippen LogP contribution is 2.25. The van der Waals surface area contributed by atoms with Crippen molar-refractivity contribution < 1.29 is 29.3 Å². The number of benzene rings is 3. The lowest BCUT2D eigenvalue weighted by atomic mass is 10.1. The van der Waals surface area contributed by atoms with Crippen molar-refractivity contribution in [2.24, 2.45) is 10.8 Å². The molecule has 0 aromatic heterocycles. The molecule has 50 heavy (non-hydrogen) atoms. The number of carbonyl (C=O) groups is 3. The molecule has 4 aliphatic heterocycles. The number of rotatable bonds is 9. The molecule has 4 aliphatic rings. The number of carbonyl (C=O) groups excluding carboxylic acids is 3. The second-order valence-corrected chi connectivity index (χ2v) is 11.3. The molecule has 0 radical (unpaired) electrons. The summed E-state index contributed by atoms with van der Waals surface area (Å²) in [5, 5.41) is 45.9. The van der Waals surface area contributed by atoms with Gasteiger partial charge in [0, 0.05) is 28.1 Å². The highest BCUT2D eigenvalue weighted by Gasteiger charge is 2.37. The van der Waals surface area contributed by atoms with Crippen LogP contribution in [0.1, 0.15) is 47.8 Å². The Balaban J connectivity index is 0.000000167. The maximum atomic E-state index is 12.0. The van der Waals surface area contributed by atoms with E-state index in [2.05, 4.69) is 10.0 Å². The van der Waals surface area contributed by atoms with Crippen LogP contribution in [-0.2, 0) is 4.74 Å². The summed E-state index contributed by atoms with van der Waals surface area (Å²) in [6, 6.07) is 21.0. The van der Waals surface area contributed by atoms with E-state index in [1.54, 1.807) is 54.6 Å². The number of ether oxygens (including phenoxy) is 1. The number of nitrogens with zero attached hydrogens (tertiary/aromatic N) is 6. The van der Waals surface area contributed by atoms with E-state index in [9.17, 15) is 24.6 Å². The Hall–Kier alpha value is -5.48. The molecule has 3 unspecified atom stereocenters. The van der Waals surface area contributed by atoms with E-state index in [0.717, 1.165) is 5.56 Å². The standard InChI is InChI=1S/C11H11N5O2.C11H13N3O2.C11H10N2O2.ClH/c12-10-8-3-1-2-4-9(8)11(18)16(10)6-7(17)5-14-15-13;12-5-7(15)6-14-10(13)8-3-1-2-4-9(8)11(14)16;12-10-8-3-1-2-4-9(8)11(14)13(10)5-7-6-15-7;/h1-4,7,12,17H,5-6H2;1-4,7,13,15H,5-6,12H2;1-4,7,12H,5-6H2;1H. The topological polar surface area (TPSA) is 260 Å². The Morgan fingerprint density at radius 1 is 0.740 bits per heavy atom. The second-order valence-electron chi connectivity index (χ2n) is 11.3. The third-order valence-electron chi connectivity index (χ3n) is 7.99. The molecule has 3 aromatic carbocycles. The van der Waals surface area contributed by atoms with Gasteiger partial charge in [0.2, 0.25) is 0 Å². The summed E-state index contributed by atoms with van der Waals surface area (Å²) in [7, 11) is 0. The molecule has 0 spiro atoms. The number of amidine groups is 3. The Morgan fingerprint density at radius 3 is 1.46 bits per heavy atom. The molecule has 17 heteroatoms. The highest BCUT2D eigenvalue weighted by molar-refractivity contribution is 6.23. The number of nitrogens with two attached hydrogens (primary N) is 1. The van der Waals surface area contributed by atoms with E-state index in [1.165, 1.54) is 14.7 Å². The Bertz CT molecular complexity index is 1770. The Kier molecular flexibility index (Phi) is 12.2. The summed E-state index contributed by atoms with van der Waals surface area (Å²) in [5.41, 5.74) is 16.9. The van der Waals surface area contributed by atoms with Gasteiger partial charge >= 0.3 is 0 Å². The van der Waals surface area contributed by atoms with E-state index in [-0.39, 0.29) is 74.1 Å². The number of azide groups is 1. The average Bonchev–Trinajstić information content (AvgIpc) is 3.84. The minimum Gasteiger partial charge on any atom is -0.391 e. The van der Waals surface area contributed by atoms with Crippen LogP contribution in [0, 0.1) is 16.2 Å². The van der Waals surface area contributed by atoms with Gasteiger partial charge in [0.15, 0.2) is 0 Å². The van der Waals surface area contributed by atoms with E-state index in [4.69, 9.17) is 32.2 Å². The first-order valence-electron chi connectivity index (χ1n) is 15.2. The van der Waals surface area contributed by atoms with Crippen molar-refractivity contribution in [1.82, 2.24) is 14.7 Å². The molecule has 4 heterocycles. The monoisotopic (exact) mass is 702 g/mol. The van der Waals surface area contributed by atoms with Crippen LogP contribution in [0.3, 0.4) is 0 Å². The second kappa shape index (κ2) is 16.3. The molecule has 3 aromatic rings. The van der Waals surface area contributed by atoms with Gasteiger partial charge in [0.25, 0.3) is 17.7 Å². The van der Waals surface area contributed by atoms with Crippen molar-refractivity contribution >= 4 is 47.6 Å². The van der Waals surface area contributed by atoms with Gasteiger partial charge in [0.05, 0.1) is 67.8 Å². The maximum Gasteiger partial charge on any atom is 0.260 e. The fourth-order valence-corrected chi connectivity index (χ4v) is 5.39. The lowest BCUT2D eigenvalue weighted by Gasteiger charge is -2.18. The highest BCUT2D eigenvalue weighted by atomic mass is 35.5. The maximum absolute atomic E-state index is 12.0. The molecule has 7 rings (SSSR count). The molecule has 7 N–H and O–H groups in total. The van der Waals surface area contributed by atoms with Crippen molar-refractivity contribution in [2.45, 2.75) is 18.3 Å². The van der Waals surface area contributed by atoms with Crippen molar-refractivity contribution in [2.75, 3.05) is 39.3 Å². The number of β-amino-alcohol motifs (C(OH)–C–C–N with tert-alkyl or cyclic N) is 2. The van der Waals surface area contributed by atoms with Crippen LogP contribution in [0.4, 0.5) is 0 Å². The Labute approximate surface area is 292 Å². The number of hydrogen-bond acceptors (Lipinski definition) is 11. The quantitative estimate of drug-likeness (QED) is 0.0837. The zero-order chi connectivity index (χ0) is 35.2. The van der Waals surface area contributed by atoms with Gasteiger partial charge in [-0.05, 0) is 23.7 Å². The van der Waals surface area contributed by atoms with Crippen molar-refractivity contribution in [3.63, 3.8) is 0 Å². The number of aliphatic hydroxyl groups excluding tert-OH is 2. The van der Waals surface area contributed by atoms with E-state index >= 15 is 0 Å². The van der Waals surface area contributed by atoms with Crippen molar-refractivity contribution in [3.05, 3.63) is 117 Å². The predicted molar refractivity (Wildman–Crippen MR) is 185 cm³/mol. The summed E-state index contributed by atoms with van der Waals surface area (Å²) < 4.78 is 5.08. The van der Waals surface area contributed by atoms with Gasteiger partial charge in [-0.3, -0.25) is 45.3 Å². The van der Waals surface area contributed by atoms with Crippen molar-refractivity contribution in [1.29, 1.82) is 16.2 Å². The molecule has 1 fully saturated rings. The van der Waals surface area contributed by atoms with Crippen LogP contribution in [0.2, 0.25) is 0 Å². The van der Waals surface area contributed by atoms with Crippen LogP contribution in [0.5, 0.6) is 0 Å². The number of hydrogen-bond donors (Lipinski definition) is 6. The lowest BCUT2D eigenvalue weighted by Crippen LogP contribution is -2.39. The molecule has 0 saturated carbocycles. The number of aliphatic hydroxyl groups is 2. The normalized spacial score (nSPS) is 17.7. The van der Waals surface area contributed by atoms with E-state index in [1.807, 2.05) is 18.2 Å². The van der Waals surface area contributed by atoms with Gasteiger partial charge in [-0.2, -0.15) is 0 Å². The van der Waals surface area contributed by atoms with Crippen LogP contribution in [-0.4, -0.2) is 118 Å². The molecular weight excluding hydrogens is 668 g/mol. The lowest BCUT2D eigenvalue weighted by molar-refractivity contribution is 0.0777. The van der Waals surface area contributed by atoms with Gasteiger partial charge < -0.3 is 20.7 Å². The number of fused-ring (bicyclic) bond motifs is 3. The summed E-state index contributed by atoms with van der Waals surface area (Å²) in [5.74, 6) is -0.135. The van der Waals surface area contributed by atoms with Gasteiger partial charge in [-0.1, -0.05) is 59.7 Å². The van der Waals surface area contributed by atoms with Crippen LogP contribution < -0.4 is 5.73 Å². The molecule has 3 atom stereocenters. The molecule has 16 nitrogen and oxygen atoms in total. The van der Waals surface area contributed by atoms with E-state index < -0.39 is 12.2 Å². The summed E-state index contributed by atoms with van der Waals surface area (Å²) >= 11 is 0. The Morgan fingerprint density at radius 2 is 1.10 bits per heavy atom. The van der Waals surface area contributed by atoms with Gasteiger partial charge in [-0.25, -0.2) is 0 Å². The van der Waals surface area contributed by atoms with E-state index in [0.29, 0.717) is 46.8 Å². The average molecular weight is 703 g/mol. The zero-order valence-corrected chi connectivity index (χ0v) is 27.4. The summed E-state index contributed by atoms with van der Waals surface area (Å²) in [6.07, 6.45) is -1.64. The van der Waals surface area contributed by atoms with Gasteiger partial charge in [-0.15, -0.1) is 12.4 Å². The molecule has 3 amide bonds. The summed E-state index contributed by atoms with van der Waals surface area (Å²) in [6.45, 7) is 1.19. The molecule has 0 aliphatic carbocycles. The third kappa shape index (κ3) is 7.87. The van der Waals surface area contributed by atoms with Crippen molar-refractivity contribution in [3.8, 4) is 0 Å². The fourth-order valence-electron chi connectivity index (χ4n) is 5.39.